The highest BCUT2D eigenvalue weighted by Gasteiger charge is 2.58. The first-order valence-electron chi connectivity index (χ1n) is 8.97. The van der Waals surface area contributed by atoms with E-state index in [9.17, 15) is 4.79 Å². The Morgan fingerprint density at radius 1 is 1.27 bits per heavy atom. The molecule has 2 unspecified atom stereocenters. The van der Waals surface area contributed by atoms with Crippen molar-refractivity contribution in [3.05, 3.63) is 35.4 Å². The molecule has 0 heterocycles. The second kappa shape index (κ2) is 7.66. The number of carbonyl (C=O) groups is 1. The highest BCUT2D eigenvalue weighted by Crippen LogP contribution is 2.51. The molecule has 0 saturated heterocycles. The zero-order valence-electron chi connectivity index (χ0n) is 17.0. The smallest absolute Gasteiger partial charge is 0.253 e. The van der Waals surface area contributed by atoms with Gasteiger partial charge >= 0.3 is 0 Å². The first kappa shape index (κ1) is 20.2. The quantitative estimate of drug-likeness (QED) is 0.624. The molecule has 1 aliphatic carbocycles. The molecular weight excluding hydrogens is 328 g/mol. The summed E-state index contributed by atoms with van der Waals surface area (Å²) in [7, 11) is 7.05. The van der Waals surface area contributed by atoms with Gasteiger partial charge in [0.1, 0.15) is 0 Å². The van der Waals surface area contributed by atoms with Gasteiger partial charge < -0.3 is 20.3 Å². The topological polar surface area (TPSA) is 66.0 Å². The van der Waals surface area contributed by atoms with Gasteiger partial charge in [-0.1, -0.05) is 26.0 Å². The normalized spacial score (nSPS) is 24.6. The van der Waals surface area contributed by atoms with Gasteiger partial charge in [-0.25, -0.2) is 0 Å². The molecule has 0 spiro atoms. The molecule has 2 N–H and O–H groups in total. The van der Waals surface area contributed by atoms with Crippen molar-refractivity contribution in [2.45, 2.75) is 45.4 Å². The van der Waals surface area contributed by atoms with E-state index in [4.69, 9.17) is 4.74 Å². The number of rotatable bonds is 5. The summed E-state index contributed by atoms with van der Waals surface area (Å²) in [5, 5.41) is 6.84. The van der Waals surface area contributed by atoms with E-state index in [2.05, 4.69) is 36.4 Å². The molecule has 0 bridgehead atoms. The molecular formula is C20H32N4O2. The van der Waals surface area contributed by atoms with E-state index in [0.717, 1.165) is 17.9 Å². The first-order valence-corrected chi connectivity index (χ1v) is 8.97. The van der Waals surface area contributed by atoms with Crippen molar-refractivity contribution in [2.24, 2.45) is 10.4 Å². The standard InChI is InChI=1S/C20H32N4O2/c1-19(2)16(12-20(19,3)26-7)23-18(21-4)22-13-14-8-10-15(11-9-14)17(25)24(5)6/h8-11,16H,12-13H2,1-7H3,(H2,21,22,23). The molecule has 1 aliphatic rings. The van der Waals surface area contributed by atoms with Gasteiger partial charge in [-0.2, -0.15) is 0 Å². The predicted molar refractivity (Wildman–Crippen MR) is 105 cm³/mol. The fraction of sp³-hybridized carbons (Fsp3) is 0.600. The maximum atomic E-state index is 11.9. The van der Waals surface area contributed by atoms with Crippen molar-refractivity contribution in [1.29, 1.82) is 0 Å². The Morgan fingerprint density at radius 2 is 1.88 bits per heavy atom. The van der Waals surface area contributed by atoms with Gasteiger partial charge in [0.25, 0.3) is 5.91 Å². The van der Waals surface area contributed by atoms with Crippen LogP contribution in [0.3, 0.4) is 0 Å². The van der Waals surface area contributed by atoms with Crippen LogP contribution in [0.5, 0.6) is 0 Å². The van der Waals surface area contributed by atoms with E-state index in [0.29, 0.717) is 18.2 Å². The van der Waals surface area contributed by atoms with Gasteiger partial charge in [-0.05, 0) is 31.0 Å². The summed E-state index contributed by atoms with van der Waals surface area (Å²) in [4.78, 5) is 17.8. The zero-order valence-corrected chi connectivity index (χ0v) is 17.0. The molecule has 1 aromatic rings. The molecule has 0 aliphatic heterocycles. The molecule has 144 valence electrons. The number of hydrogen-bond donors (Lipinski definition) is 2. The van der Waals surface area contributed by atoms with E-state index < -0.39 is 0 Å². The van der Waals surface area contributed by atoms with Gasteiger partial charge in [0, 0.05) is 51.8 Å². The van der Waals surface area contributed by atoms with Crippen molar-refractivity contribution >= 4 is 11.9 Å². The molecule has 2 rings (SSSR count). The van der Waals surface area contributed by atoms with Crippen molar-refractivity contribution in [3.63, 3.8) is 0 Å². The van der Waals surface area contributed by atoms with Crippen molar-refractivity contribution < 1.29 is 9.53 Å². The molecule has 0 aromatic heterocycles. The fourth-order valence-corrected chi connectivity index (χ4v) is 3.29. The third kappa shape index (κ3) is 3.85. The molecule has 2 atom stereocenters. The summed E-state index contributed by atoms with van der Waals surface area (Å²) in [5.74, 6) is 0.782. The van der Waals surface area contributed by atoms with Gasteiger partial charge in [0.05, 0.1) is 5.60 Å². The van der Waals surface area contributed by atoms with E-state index in [-0.39, 0.29) is 16.9 Å². The number of nitrogens with one attached hydrogen (secondary N) is 2. The minimum absolute atomic E-state index is 0.00962. The lowest BCUT2D eigenvalue weighted by molar-refractivity contribution is -0.176. The van der Waals surface area contributed by atoms with Crippen LogP contribution in [0.25, 0.3) is 0 Å². The van der Waals surface area contributed by atoms with Gasteiger partial charge in [-0.15, -0.1) is 0 Å². The average Bonchev–Trinajstić information content (AvgIpc) is 2.63. The average molecular weight is 361 g/mol. The second-order valence-electron chi connectivity index (χ2n) is 7.88. The van der Waals surface area contributed by atoms with Crippen molar-refractivity contribution in [3.8, 4) is 0 Å². The number of guanidine groups is 1. The Bertz CT molecular complexity index is 667. The number of aliphatic imine (C=N–C) groups is 1. The lowest BCUT2D eigenvalue weighted by atomic mass is 9.56. The third-order valence-corrected chi connectivity index (χ3v) is 5.88. The van der Waals surface area contributed by atoms with Gasteiger partial charge in [-0.3, -0.25) is 9.79 Å². The molecule has 0 radical (unpaired) electrons. The lowest BCUT2D eigenvalue weighted by Crippen LogP contribution is -2.69. The van der Waals surface area contributed by atoms with Crippen LogP contribution in [0.2, 0.25) is 0 Å². The molecule has 6 nitrogen and oxygen atoms in total. The molecule has 1 amide bonds. The van der Waals surface area contributed by atoms with Crippen molar-refractivity contribution in [2.75, 3.05) is 28.3 Å². The minimum atomic E-state index is -0.113. The van der Waals surface area contributed by atoms with Crippen LogP contribution < -0.4 is 10.6 Å². The predicted octanol–water partition coefficient (Wildman–Crippen LogP) is 2.26. The number of nitrogens with zero attached hydrogens (tertiary/aromatic N) is 2. The van der Waals surface area contributed by atoms with Crippen LogP contribution in [0.15, 0.2) is 29.3 Å². The zero-order chi connectivity index (χ0) is 19.5. The van der Waals surface area contributed by atoms with Crippen LogP contribution >= 0.6 is 0 Å². The number of methoxy groups -OCH3 is 1. The van der Waals surface area contributed by atoms with Crippen LogP contribution in [0.1, 0.15) is 43.1 Å². The van der Waals surface area contributed by atoms with E-state index >= 15 is 0 Å². The molecule has 6 heteroatoms. The molecule has 26 heavy (non-hydrogen) atoms. The molecule has 1 aromatic carbocycles. The van der Waals surface area contributed by atoms with Crippen LogP contribution in [-0.2, 0) is 11.3 Å². The van der Waals surface area contributed by atoms with Crippen LogP contribution in [0, 0.1) is 5.41 Å². The number of carbonyl (C=O) groups excluding carboxylic acids is 1. The highest BCUT2D eigenvalue weighted by atomic mass is 16.5. The van der Waals surface area contributed by atoms with Gasteiger partial charge in [0.2, 0.25) is 0 Å². The Morgan fingerprint density at radius 3 is 2.35 bits per heavy atom. The van der Waals surface area contributed by atoms with E-state index in [1.807, 2.05) is 24.3 Å². The third-order valence-electron chi connectivity index (χ3n) is 5.88. The maximum Gasteiger partial charge on any atom is 0.253 e. The van der Waals surface area contributed by atoms with Crippen molar-refractivity contribution in [1.82, 2.24) is 15.5 Å². The lowest BCUT2D eigenvalue weighted by Gasteiger charge is -2.59. The summed E-state index contributed by atoms with van der Waals surface area (Å²) in [6, 6.07) is 7.95. The Balaban J connectivity index is 1.91. The minimum Gasteiger partial charge on any atom is -0.378 e. The Kier molecular flexibility index (Phi) is 5.96. The first-order chi connectivity index (χ1) is 12.1. The SMILES string of the molecule is CN=C(NCc1ccc(C(=O)N(C)C)cc1)NC1CC(C)(OC)C1(C)C. The Hall–Kier alpha value is -2.08. The number of ether oxygens (including phenoxy) is 1. The highest BCUT2D eigenvalue weighted by molar-refractivity contribution is 5.93. The van der Waals surface area contributed by atoms with Crippen LogP contribution in [-0.4, -0.2) is 56.7 Å². The summed E-state index contributed by atoms with van der Waals surface area (Å²) in [5.41, 5.74) is 1.69. The largest absolute Gasteiger partial charge is 0.378 e. The Labute approximate surface area is 157 Å². The molecule has 1 saturated carbocycles. The van der Waals surface area contributed by atoms with E-state index in [1.54, 1.807) is 33.2 Å². The summed E-state index contributed by atoms with van der Waals surface area (Å²) in [6.07, 6.45) is 0.943. The van der Waals surface area contributed by atoms with E-state index in [1.165, 1.54) is 0 Å². The monoisotopic (exact) mass is 360 g/mol. The fourth-order valence-electron chi connectivity index (χ4n) is 3.29. The number of hydrogen-bond acceptors (Lipinski definition) is 3. The number of amides is 1. The maximum absolute atomic E-state index is 11.9. The summed E-state index contributed by atoms with van der Waals surface area (Å²) in [6.45, 7) is 7.22. The van der Waals surface area contributed by atoms with Gasteiger partial charge in [0.15, 0.2) is 5.96 Å². The van der Waals surface area contributed by atoms with Crippen LogP contribution in [0.4, 0.5) is 0 Å². The summed E-state index contributed by atoms with van der Waals surface area (Å²) >= 11 is 0. The summed E-state index contributed by atoms with van der Waals surface area (Å²) < 4.78 is 5.68. The molecule has 1 fully saturated rings. The second-order valence-corrected chi connectivity index (χ2v) is 7.88. The number of benzene rings is 1.